The zero-order valence-electron chi connectivity index (χ0n) is 7.99. The first-order valence-corrected chi connectivity index (χ1v) is 5.27. The Bertz CT molecular complexity index is 313. The Morgan fingerprint density at radius 3 is 2.43 bits per heavy atom. The Balaban J connectivity index is 1.99. The zero-order chi connectivity index (χ0) is 9.80. The molecule has 3 heteroatoms. The summed E-state index contributed by atoms with van der Waals surface area (Å²) in [4.78, 5) is 0. The first kappa shape index (κ1) is 9.53. The van der Waals surface area contributed by atoms with Gasteiger partial charge in [0.2, 0.25) is 0 Å². The van der Waals surface area contributed by atoms with Gasteiger partial charge in [0, 0.05) is 18.1 Å². The van der Waals surface area contributed by atoms with Crippen LogP contribution in [-0.4, -0.2) is 24.3 Å². The molecule has 0 atom stereocenters. The third-order valence-electron chi connectivity index (χ3n) is 2.32. The van der Waals surface area contributed by atoms with Crippen molar-refractivity contribution in [1.29, 1.82) is 0 Å². The second-order valence-corrected chi connectivity index (χ2v) is 3.89. The molecule has 0 spiro atoms. The van der Waals surface area contributed by atoms with E-state index < -0.39 is 0 Å². The molecule has 0 saturated carbocycles. The molecule has 0 aliphatic carbocycles. The highest BCUT2D eigenvalue weighted by atomic mass is 35.5. The maximum atomic E-state index is 5.78. The normalized spacial score (nSPS) is 16.8. The molecule has 0 unspecified atom stereocenters. The minimum atomic E-state index is 0.767. The van der Waals surface area contributed by atoms with E-state index in [0.29, 0.717) is 0 Å². The standard InChI is InChI=1S/C11H13ClN2/c12-11-5-3-10(4-6-11)9-13-14-7-1-2-8-14/h3-6,9H,1-2,7-8H2. The Morgan fingerprint density at radius 1 is 1.14 bits per heavy atom. The smallest absolute Gasteiger partial charge is 0.0542 e. The van der Waals surface area contributed by atoms with Crippen LogP contribution < -0.4 is 0 Å². The van der Waals surface area contributed by atoms with Gasteiger partial charge in [-0.2, -0.15) is 5.10 Å². The van der Waals surface area contributed by atoms with Crippen molar-refractivity contribution in [1.82, 2.24) is 5.01 Å². The molecule has 0 N–H and O–H groups in total. The number of benzene rings is 1. The third kappa shape index (κ3) is 2.48. The van der Waals surface area contributed by atoms with Gasteiger partial charge in [-0.05, 0) is 30.5 Å². The molecule has 1 aliphatic heterocycles. The van der Waals surface area contributed by atoms with Crippen LogP contribution in [0.5, 0.6) is 0 Å². The van der Waals surface area contributed by atoms with Gasteiger partial charge in [0.05, 0.1) is 6.21 Å². The molecule has 1 aromatic rings. The van der Waals surface area contributed by atoms with E-state index in [1.54, 1.807) is 0 Å². The van der Waals surface area contributed by atoms with Crippen LogP contribution in [-0.2, 0) is 0 Å². The van der Waals surface area contributed by atoms with E-state index in [0.717, 1.165) is 23.7 Å². The maximum absolute atomic E-state index is 5.78. The van der Waals surface area contributed by atoms with Gasteiger partial charge in [-0.1, -0.05) is 23.7 Å². The predicted octanol–water partition coefficient (Wildman–Crippen LogP) is 2.77. The number of halogens is 1. The van der Waals surface area contributed by atoms with Crippen molar-refractivity contribution in [3.8, 4) is 0 Å². The predicted molar refractivity (Wildman–Crippen MR) is 59.9 cm³/mol. The highest BCUT2D eigenvalue weighted by molar-refractivity contribution is 6.30. The highest BCUT2D eigenvalue weighted by Crippen LogP contribution is 2.10. The minimum absolute atomic E-state index is 0.767. The highest BCUT2D eigenvalue weighted by Gasteiger charge is 2.06. The molecule has 0 bridgehead atoms. The summed E-state index contributed by atoms with van der Waals surface area (Å²) in [6.07, 6.45) is 4.41. The molecule has 0 radical (unpaired) electrons. The molecule has 2 nitrogen and oxygen atoms in total. The van der Waals surface area contributed by atoms with Crippen molar-refractivity contribution >= 4 is 17.8 Å². The van der Waals surface area contributed by atoms with E-state index >= 15 is 0 Å². The van der Waals surface area contributed by atoms with Gasteiger partial charge >= 0.3 is 0 Å². The van der Waals surface area contributed by atoms with E-state index in [1.165, 1.54) is 12.8 Å². The average molecular weight is 209 g/mol. The lowest BCUT2D eigenvalue weighted by molar-refractivity contribution is 0.362. The Morgan fingerprint density at radius 2 is 1.79 bits per heavy atom. The number of hydrogen-bond acceptors (Lipinski definition) is 2. The zero-order valence-corrected chi connectivity index (χ0v) is 8.74. The summed E-state index contributed by atoms with van der Waals surface area (Å²) in [5.74, 6) is 0. The summed E-state index contributed by atoms with van der Waals surface area (Å²) >= 11 is 5.78. The van der Waals surface area contributed by atoms with Gasteiger partial charge in [-0.3, -0.25) is 5.01 Å². The van der Waals surface area contributed by atoms with Crippen LogP contribution in [0, 0.1) is 0 Å². The van der Waals surface area contributed by atoms with Gasteiger partial charge in [-0.15, -0.1) is 0 Å². The molecular weight excluding hydrogens is 196 g/mol. The Labute approximate surface area is 89.2 Å². The molecule has 1 aliphatic rings. The molecule has 74 valence electrons. The second-order valence-electron chi connectivity index (χ2n) is 3.46. The van der Waals surface area contributed by atoms with Crippen LogP contribution >= 0.6 is 11.6 Å². The fourth-order valence-electron chi connectivity index (χ4n) is 1.51. The molecule has 0 amide bonds. The van der Waals surface area contributed by atoms with Crippen LogP contribution in [0.4, 0.5) is 0 Å². The monoisotopic (exact) mass is 208 g/mol. The molecule has 14 heavy (non-hydrogen) atoms. The van der Waals surface area contributed by atoms with Crippen molar-refractivity contribution in [3.05, 3.63) is 34.9 Å². The minimum Gasteiger partial charge on any atom is -0.297 e. The lowest BCUT2D eigenvalue weighted by Crippen LogP contribution is -2.11. The van der Waals surface area contributed by atoms with Gasteiger partial charge in [-0.25, -0.2) is 0 Å². The van der Waals surface area contributed by atoms with Crippen LogP contribution in [0.3, 0.4) is 0 Å². The third-order valence-corrected chi connectivity index (χ3v) is 2.57. The summed E-state index contributed by atoms with van der Waals surface area (Å²) in [5.41, 5.74) is 1.10. The quantitative estimate of drug-likeness (QED) is 0.683. The van der Waals surface area contributed by atoms with Crippen molar-refractivity contribution in [2.45, 2.75) is 12.8 Å². The summed E-state index contributed by atoms with van der Waals surface area (Å²) in [5, 5.41) is 7.26. The van der Waals surface area contributed by atoms with E-state index in [-0.39, 0.29) is 0 Å². The molecule has 1 fully saturated rings. The number of rotatable bonds is 2. The van der Waals surface area contributed by atoms with Crippen LogP contribution in [0.25, 0.3) is 0 Å². The Hall–Kier alpha value is -1.02. The van der Waals surface area contributed by atoms with Crippen molar-refractivity contribution in [3.63, 3.8) is 0 Å². The summed E-state index contributed by atoms with van der Waals surface area (Å²) in [6.45, 7) is 2.17. The fourth-order valence-corrected chi connectivity index (χ4v) is 1.64. The van der Waals surface area contributed by atoms with Gasteiger partial charge < -0.3 is 0 Å². The molecule has 2 rings (SSSR count). The summed E-state index contributed by atoms with van der Waals surface area (Å²) in [7, 11) is 0. The first-order chi connectivity index (χ1) is 6.84. The van der Waals surface area contributed by atoms with Crippen molar-refractivity contribution in [2.75, 3.05) is 13.1 Å². The summed E-state index contributed by atoms with van der Waals surface area (Å²) < 4.78 is 0. The molecular formula is C11H13ClN2. The van der Waals surface area contributed by atoms with Gasteiger partial charge in [0.15, 0.2) is 0 Å². The van der Waals surface area contributed by atoms with Gasteiger partial charge in [0.1, 0.15) is 0 Å². The van der Waals surface area contributed by atoms with E-state index in [2.05, 4.69) is 10.1 Å². The van der Waals surface area contributed by atoms with E-state index in [1.807, 2.05) is 30.5 Å². The van der Waals surface area contributed by atoms with Gasteiger partial charge in [0.25, 0.3) is 0 Å². The van der Waals surface area contributed by atoms with Crippen LogP contribution in [0.1, 0.15) is 18.4 Å². The lowest BCUT2D eigenvalue weighted by Gasteiger charge is -2.08. The van der Waals surface area contributed by atoms with Crippen molar-refractivity contribution < 1.29 is 0 Å². The number of nitrogens with zero attached hydrogens (tertiary/aromatic N) is 2. The maximum Gasteiger partial charge on any atom is 0.0542 e. The fraction of sp³-hybridized carbons (Fsp3) is 0.364. The molecule has 1 aromatic carbocycles. The number of hydrazone groups is 1. The molecule has 0 aromatic heterocycles. The van der Waals surface area contributed by atoms with E-state index in [9.17, 15) is 0 Å². The first-order valence-electron chi connectivity index (χ1n) is 4.89. The second kappa shape index (κ2) is 4.47. The van der Waals surface area contributed by atoms with Crippen molar-refractivity contribution in [2.24, 2.45) is 5.10 Å². The van der Waals surface area contributed by atoms with E-state index in [4.69, 9.17) is 11.6 Å². The molecule has 1 saturated heterocycles. The Kier molecular flexibility index (Phi) is 3.04. The topological polar surface area (TPSA) is 15.6 Å². The van der Waals surface area contributed by atoms with Crippen LogP contribution in [0.2, 0.25) is 5.02 Å². The lowest BCUT2D eigenvalue weighted by atomic mass is 10.2. The number of hydrogen-bond donors (Lipinski definition) is 0. The molecule has 1 heterocycles. The summed E-state index contributed by atoms with van der Waals surface area (Å²) in [6, 6.07) is 7.71. The van der Waals surface area contributed by atoms with Crippen LogP contribution in [0.15, 0.2) is 29.4 Å². The largest absolute Gasteiger partial charge is 0.297 e. The SMILES string of the molecule is Clc1ccc(C=NN2CCCC2)cc1. The average Bonchev–Trinajstić information content (AvgIpc) is 2.70.